The van der Waals surface area contributed by atoms with E-state index in [0.29, 0.717) is 25.0 Å². The molecule has 0 bridgehead atoms. The van der Waals surface area contributed by atoms with E-state index in [4.69, 9.17) is 18.9 Å². The first-order chi connectivity index (χ1) is 11.8. The van der Waals surface area contributed by atoms with Gasteiger partial charge in [-0.1, -0.05) is 0 Å². The van der Waals surface area contributed by atoms with Gasteiger partial charge in [0.05, 0.1) is 31.6 Å². The number of anilines is 1. The zero-order chi connectivity index (χ0) is 17.9. The average Bonchev–Trinajstić information content (AvgIpc) is 3.15. The van der Waals surface area contributed by atoms with E-state index in [-0.39, 0.29) is 11.9 Å². The minimum atomic E-state index is -0.529. The first-order valence-corrected chi connectivity index (χ1v) is 9.55. The Labute approximate surface area is 152 Å². The van der Waals surface area contributed by atoms with E-state index in [1.54, 1.807) is 0 Å². The number of nitrogens with zero attached hydrogens (tertiary/aromatic N) is 1. The maximum Gasteiger partial charge on any atom is 0.413 e. The van der Waals surface area contributed by atoms with Gasteiger partial charge in [0.2, 0.25) is 0 Å². The summed E-state index contributed by atoms with van der Waals surface area (Å²) in [5.74, 6) is -0.356. The van der Waals surface area contributed by atoms with Crippen LogP contribution < -0.4 is 5.32 Å². The molecule has 140 valence electrons. The molecule has 1 saturated heterocycles. The standard InChI is InChI=1S/C17H26N2O5S/c1-16(2,3)24-15(20)19-14-18-12(11-25-14)10-21-13-4-6-17(7-5-13)22-8-9-23-17/h11,13H,4-10H2,1-3H3,(H,18,19,20). The maximum atomic E-state index is 11.7. The van der Waals surface area contributed by atoms with E-state index in [1.165, 1.54) is 11.3 Å². The first kappa shape index (κ1) is 18.6. The van der Waals surface area contributed by atoms with Crippen molar-refractivity contribution in [2.24, 2.45) is 0 Å². The van der Waals surface area contributed by atoms with E-state index in [1.807, 2.05) is 26.2 Å². The second-order valence-corrected chi connectivity index (χ2v) is 8.25. The molecule has 1 aliphatic heterocycles. The summed E-state index contributed by atoms with van der Waals surface area (Å²) in [5.41, 5.74) is 0.281. The molecular weight excluding hydrogens is 344 g/mol. The number of rotatable bonds is 4. The lowest BCUT2D eigenvalue weighted by molar-refractivity contribution is -0.192. The summed E-state index contributed by atoms with van der Waals surface area (Å²) < 4.78 is 22.6. The summed E-state index contributed by atoms with van der Waals surface area (Å²) in [6.45, 7) is 7.29. The first-order valence-electron chi connectivity index (χ1n) is 8.68. The lowest BCUT2D eigenvalue weighted by Gasteiger charge is -2.35. The number of thiazole rings is 1. The van der Waals surface area contributed by atoms with Gasteiger partial charge in [-0.2, -0.15) is 0 Å². The van der Waals surface area contributed by atoms with Gasteiger partial charge in [0.15, 0.2) is 10.9 Å². The molecule has 0 unspecified atom stereocenters. The molecule has 0 aromatic carbocycles. The summed E-state index contributed by atoms with van der Waals surface area (Å²) in [6, 6.07) is 0. The van der Waals surface area contributed by atoms with Gasteiger partial charge in [0.25, 0.3) is 0 Å². The Morgan fingerprint density at radius 3 is 2.68 bits per heavy atom. The van der Waals surface area contributed by atoms with Crippen molar-refractivity contribution in [1.82, 2.24) is 4.98 Å². The van der Waals surface area contributed by atoms with Crippen LogP contribution in [0.1, 0.15) is 52.1 Å². The predicted molar refractivity (Wildman–Crippen MR) is 93.7 cm³/mol. The lowest BCUT2D eigenvalue weighted by atomic mass is 9.92. The third kappa shape index (κ3) is 5.37. The van der Waals surface area contributed by atoms with Crippen molar-refractivity contribution in [3.05, 3.63) is 11.1 Å². The fourth-order valence-electron chi connectivity index (χ4n) is 3.01. The molecule has 1 saturated carbocycles. The number of ether oxygens (including phenoxy) is 4. The van der Waals surface area contributed by atoms with Crippen LogP contribution in [-0.4, -0.2) is 41.8 Å². The number of carbonyl (C=O) groups is 1. The largest absolute Gasteiger partial charge is 0.444 e. The molecule has 2 fully saturated rings. The van der Waals surface area contributed by atoms with Gasteiger partial charge in [0, 0.05) is 18.2 Å². The predicted octanol–water partition coefficient (Wildman–Crippen LogP) is 3.69. The van der Waals surface area contributed by atoms with Crippen molar-refractivity contribution in [3.63, 3.8) is 0 Å². The van der Waals surface area contributed by atoms with Crippen molar-refractivity contribution < 1.29 is 23.7 Å². The molecule has 2 aliphatic rings. The molecule has 7 nitrogen and oxygen atoms in total. The van der Waals surface area contributed by atoms with Gasteiger partial charge in [-0.25, -0.2) is 9.78 Å². The number of nitrogens with one attached hydrogen (secondary N) is 1. The van der Waals surface area contributed by atoms with Gasteiger partial charge in [0.1, 0.15) is 5.60 Å². The summed E-state index contributed by atoms with van der Waals surface area (Å²) in [6.07, 6.45) is 3.30. The van der Waals surface area contributed by atoms with Gasteiger partial charge in [-0.15, -0.1) is 11.3 Å². The molecule has 25 heavy (non-hydrogen) atoms. The highest BCUT2D eigenvalue weighted by molar-refractivity contribution is 7.13. The van der Waals surface area contributed by atoms with Crippen molar-refractivity contribution >= 4 is 22.6 Å². The Hall–Kier alpha value is -1.22. The fraction of sp³-hybridized carbons (Fsp3) is 0.765. The quantitative estimate of drug-likeness (QED) is 0.871. The van der Waals surface area contributed by atoms with Crippen LogP contribution in [0, 0.1) is 0 Å². The second-order valence-electron chi connectivity index (χ2n) is 7.39. The minimum absolute atomic E-state index is 0.197. The summed E-state index contributed by atoms with van der Waals surface area (Å²) in [4.78, 5) is 16.1. The van der Waals surface area contributed by atoms with E-state index in [2.05, 4.69) is 10.3 Å². The van der Waals surface area contributed by atoms with E-state index < -0.39 is 11.7 Å². The highest BCUT2D eigenvalue weighted by Gasteiger charge is 2.40. The number of hydrogen-bond donors (Lipinski definition) is 1. The van der Waals surface area contributed by atoms with Crippen molar-refractivity contribution in [2.45, 2.75) is 70.6 Å². The molecule has 2 heterocycles. The second kappa shape index (κ2) is 7.57. The molecule has 0 atom stereocenters. The van der Waals surface area contributed by atoms with Crippen LogP contribution >= 0.6 is 11.3 Å². The van der Waals surface area contributed by atoms with Crippen LogP contribution in [0.2, 0.25) is 0 Å². The smallest absolute Gasteiger partial charge is 0.413 e. The molecule has 8 heteroatoms. The van der Waals surface area contributed by atoms with Crippen LogP contribution in [0.3, 0.4) is 0 Å². The molecule has 1 aromatic rings. The third-order valence-corrected chi connectivity index (χ3v) is 4.94. The lowest BCUT2D eigenvalue weighted by Crippen LogP contribution is -2.37. The van der Waals surface area contributed by atoms with Gasteiger partial charge in [-0.3, -0.25) is 5.32 Å². The Balaban J connectivity index is 1.41. The van der Waals surface area contributed by atoms with E-state index in [9.17, 15) is 4.79 Å². The number of amides is 1. The molecular formula is C17H26N2O5S. The van der Waals surface area contributed by atoms with Gasteiger partial charge < -0.3 is 18.9 Å². The van der Waals surface area contributed by atoms with Crippen LogP contribution in [0.25, 0.3) is 0 Å². The molecule has 1 spiro atoms. The highest BCUT2D eigenvalue weighted by atomic mass is 32.1. The Morgan fingerprint density at radius 1 is 1.36 bits per heavy atom. The molecule has 1 amide bonds. The topological polar surface area (TPSA) is 78.9 Å². The van der Waals surface area contributed by atoms with Crippen molar-refractivity contribution in [1.29, 1.82) is 0 Å². The molecule has 1 aliphatic carbocycles. The molecule has 1 N–H and O–H groups in total. The maximum absolute atomic E-state index is 11.7. The van der Waals surface area contributed by atoms with Crippen LogP contribution in [-0.2, 0) is 25.6 Å². The Morgan fingerprint density at radius 2 is 2.04 bits per heavy atom. The van der Waals surface area contributed by atoms with Gasteiger partial charge in [-0.05, 0) is 33.6 Å². The molecule has 3 rings (SSSR count). The molecule has 0 radical (unpaired) electrons. The molecule has 1 aromatic heterocycles. The van der Waals surface area contributed by atoms with Crippen LogP contribution in [0.15, 0.2) is 5.38 Å². The zero-order valence-corrected chi connectivity index (χ0v) is 15.8. The summed E-state index contributed by atoms with van der Waals surface area (Å²) >= 11 is 1.36. The SMILES string of the molecule is CC(C)(C)OC(=O)Nc1nc(COC2CCC3(CC2)OCCO3)cs1. The van der Waals surface area contributed by atoms with Crippen LogP contribution in [0.5, 0.6) is 0 Å². The zero-order valence-electron chi connectivity index (χ0n) is 15.0. The summed E-state index contributed by atoms with van der Waals surface area (Å²) in [7, 11) is 0. The minimum Gasteiger partial charge on any atom is -0.444 e. The summed E-state index contributed by atoms with van der Waals surface area (Å²) in [5, 5.41) is 5.05. The fourth-order valence-corrected chi connectivity index (χ4v) is 3.69. The average molecular weight is 370 g/mol. The van der Waals surface area contributed by atoms with E-state index >= 15 is 0 Å². The third-order valence-electron chi connectivity index (χ3n) is 4.13. The van der Waals surface area contributed by atoms with E-state index in [0.717, 1.165) is 31.4 Å². The highest BCUT2D eigenvalue weighted by Crippen LogP contribution is 2.36. The number of carbonyl (C=O) groups excluding carboxylic acids is 1. The van der Waals surface area contributed by atoms with Crippen molar-refractivity contribution in [2.75, 3.05) is 18.5 Å². The monoisotopic (exact) mass is 370 g/mol. The number of hydrogen-bond acceptors (Lipinski definition) is 7. The van der Waals surface area contributed by atoms with Crippen LogP contribution in [0.4, 0.5) is 9.93 Å². The number of aromatic nitrogens is 1. The van der Waals surface area contributed by atoms with Crippen molar-refractivity contribution in [3.8, 4) is 0 Å². The van der Waals surface area contributed by atoms with Gasteiger partial charge >= 0.3 is 6.09 Å². The normalized spacial score (nSPS) is 20.8. The Kier molecular flexibility index (Phi) is 5.62. The Bertz CT molecular complexity index is 582.